The second-order valence-electron chi connectivity index (χ2n) is 3.94. The minimum atomic E-state index is -0.945. The van der Waals surface area contributed by atoms with Gasteiger partial charge in [-0.05, 0) is 13.8 Å². The van der Waals surface area contributed by atoms with Crippen molar-refractivity contribution in [3.05, 3.63) is 11.6 Å². The molecule has 0 spiro atoms. The average molecular weight is 213 g/mol. The Labute approximate surface area is 90.4 Å². The van der Waals surface area contributed by atoms with Crippen molar-refractivity contribution in [1.82, 2.24) is 5.32 Å². The van der Waals surface area contributed by atoms with E-state index in [9.17, 15) is 9.59 Å². The number of nitrogens with one attached hydrogen (secondary N) is 1. The van der Waals surface area contributed by atoms with Crippen molar-refractivity contribution in [3.8, 4) is 0 Å². The molecule has 0 aromatic carbocycles. The van der Waals surface area contributed by atoms with E-state index in [0.717, 1.165) is 5.57 Å². The van der Waals surface area contributed by atoms with Crippen LogP contribution in [-0.2, 0) is 9.59 Å². The Morgan fingerprint density at radius 3 is 2.20 bits per heavy atom. The lowest BCUT2D eigenvalue weighted by Crippen LogP contribution is -2.35. The minimum absolute atomic E-state index is 0.220. The summed E-state index contributed by atoms with van der Waals surface area (Å²) in [6.07, 6.45) is 1.88. The predicted octanol–water partition coefficient (Wildman–Crippen LogP) is 1.43. The Bertz CT molecular complexity index is 267. The molecule has 0 saturated heterocycles. The van der Waals surface area contributed by atoms with E-state index >= 15 is 0 Å². The quantitative estimate of drug-likeness (QED) is 0.679. The summed E-state index contributed by atoms with van der Waals surface area (Å²) in [7, 11) is 0. The van der Waals surface area contributed by atoms with Gasteiger partial charge in [0.05, 0.1) is 5.92 Å². The highest BCUT2D eigenvalue weighted by molar-refractivity contribution is 5.84. The maximum Gasteiger partial charge on any atom is 0.307 e. The lowest BCUT2D eigenvalue weighted by molar-refractivity contribution is -0.146. The molecule has 86 valence electrons. The number of hydrogen-bond donors (Lipinski definition) is 2. The van der Waals surface area contributed by atoms with E-state index in [1.54, 1.807) is 6.92 Å². The second kappa shape index (κ2) is 6.22. The number of carboxylic acid groups (broad SMARTS) is 1. The van der Waals surface area contributed by atoms with Crippen LogP contribution < -0.4 is 5.32 Å². The van der Waals surface area contributed by atoms with E-state index in [2.05, 4.69) is 5.32 Å². The molecule has 2 atom stereocenters. The molecule has 0 aliphatic rings. The third-order valence-electron chi connectivity index (χ3n) is 2.34. The first-order valence-corrected chi connectivity index (χ1v) is 5.00. The van der Waals surface area contributed by atoms with Gasteiger partial charge in [-0.25, -0.2) is 0 Å². The lowest BCUT2D eigenvalue weighted by atomic mass is 9.95. The standard InChI is InChI=1S/C11H19NO3/c1-7(2)5-6-12-10(13)8(3)9(4)11(14)15/h5,8-9H,6H2,1-4H3,(H,12,13)(H,14,15). The number of aliphatic carboxylic acids is 1. The normalized spacial score (nSPS) is 13.9. The molecule has 0 fully saturated rings. The molecule has 4 heteroatoms. The predicted molar refractivity (Wildman–Crippen MR) is 58.4 cm³/mol. The molecule has 0 saturated carbocycles. The molecule has 4 nitrogen and oxygen atoms in total. The first-order valence-electron chi connectivity index (χ1n) is 5.00. The Balaban J connectivity index is 4.11. The molecule has 0 aromatic rings. The maximum absolute atomic E-state index is 11.5. The van der Waals surface area contributed by atoms with Gasteiger partial charge in [-0.2, -0.15) is 0 Å². The summed E-state index contributed by atoms with van der Waals surface area (Å²) < 4.78 is 0. The highest BCUT2D eigenvalue weighted by atomic mass is 16.4. The minimum Gasteiger partial charge on any atom is -0.481 e. The SMILES string of the molecule is CC(C)=CCNC(=O)C(C)C(C)C(=O)O. The van der Waals surface area contributed by atoms with Gasteiger partial charge in [0.2, 0.25) is 5.91 Å². The van der Waals surface area contributed by atoms with Gasteiger partial charge >= 0.3 is 5.97 Å². The third kappa shape index (κ3) is 5.20. The maximum atomic E-state index is 11.5. The highest BCUT2D eigenvalue weighted by Gasteiger charge is 2.24. The van der Waals surface area contributed by atoms with Crippen molar-refractivity contribution in [3.63, 3.8) is 0 Å². The van der Waals surface area contributed by atoms with Crippen molar-refractivity contribution < 1.29 is 14.7 Å². The van der Waals surface area contributed by atoms with E-state index in [1.165, 1.54) is 6.92 Å². The molecule has 15 heavy (non-hydrogen) atoms. The van der Waals surface area contributed by atoms with E-state index < -0.39 is 17.8 Å². The molecule has 0 aliphatic carbocycles. The smallest absolute Gasteiger partial charge is 0.307 e. The van der Waals surface area contributed by atoms with Crippen molar-refractivity contribution in [2.24, 2.45) is 11.8 Å². The summed E-state index contributed by atoms with van der Waals surface area (Å²) in [6.45, 7) is 7.49. The van der Waals surface area contributed by atoms with Crippen LogP contribution in [0.4, 0.5) is 0 Å². The Morgan fingerprint density at radius 1 is 1.27 bits per heavy atom. The number of allylic oxidation sites excluding steroid dienone is 1. The number of hydrogen-bond acceptors (Lipinski definition) is 2. The first kappa shape index (κ1) is 13.7. The zero-order valence-electron chi connectivity index (χ0n) is 9.70. The van der Waals surface area contributed by atoms with Crippen LogP contribution in [0.2, 0.25) is 0 Å². The average Bonchev–Trinajstić information content (AvgIpc) is 2.14. The van der Waals surface area contributed by atoms with Gasteiger partial charge in [0.15, 0.2) is 0 Å². The summed E-state index contributed by atoms with van der Waals surface area (Å²) in [6, 6.07) is 0. The van der Waals surface area contributed by atoms with Crippen LogP contribution in [0.25, 0.3) is 0 Å². The molecule has 2 N–H and O–H groups in total. The van der Waals surface area contributed by atoms with E-state index in [4.69, 9.17) is 5.11 Å². The third-order valence-corrected chi connectivity index (χ3v) is 2.34. The molecule has 0 heterocycles. The fourth-order valence-corrected chi connectivity index (χ4v) is 0.958. The van der Waals surface area contributed by atoms with Crippen LogP contribution >= 0.6 is 0 Å². The molecule has 0 radical (unpaired) electrons. The van der Waals surface area contributed by atoms with Gasteiger partial charge in [-0.15, -0.1) is 0 Å². The van der Waals surface area contributed by atoms with E-state index in [-0.39, 0.29) is 5.91 Å². The fourth-order valence-electron chi connectivity index (χ4n) is 0.958. The van der Waals surface area contributed by atoms with Crippen LogP contribution in [0.5, 0.6) is 0 Å². The first-order chi connectivity index (χ1) is 6.86. The molecule has 0 bridgehead atoms. The summed E-state index contributed by atoms with van der Waals surface area (Å²) in [5.74, 6) is -2.33. The number of carbonyl (C=O) groups is 2. The van der Waals surface area contributed by atoms with Crippen LogP contribution in [0.1, 0.15) is 27.7 Å². The second-order valence-corrected chi connectivity index (χ2v) is 3.94. The number of carbonyl (C=O) groups excluding carboxylic acids is 1. The van der Waals surface area contributed by atoms with Crippen LogP contribution in [-0.4, -0.2) is 23.5 Å². The molecule has 0 aliphatic heterocycles. The largest absolute Gasteiger partial charge is 0.481 e. The van der Waals surface area contributed by atoms with Crippen LogP contribution in [0.3, 0.4) is 0 Å². The van der Waals surface area contributed by atoms with Gasteiger partial charge in [0, 0.05) is 12.5 Å². The summed E-state index contributed by atoms with van der Waals surface area (Å²) in [4.78, 5) is 22.1. The van der Waals surface area contributed by atoms with Crippen LogP contribution in [0.15, 0.2) is 11.6 Å². The zero-order chi connectivity index (χ0) is 12.0. The highest BCUT2D eigenvalue weighted by Crippen LogP contribution is 2.10. The molecular weight excluding hydrogens is 194 g/mol. The van der Waals surface area contributed by atoms with Gasteiger partial charge < -0.3 is 10.4 Å². The van der Waals surface area contributed by atoms with E-state index in [0.29, 0.717) is 6.54 Å². The van der Waals surface area contributed by atoms with Crippen molar-refractivity contribution in [2.75, 3.05) is 6.54 Å². The fraction of sp³-hybridized carbons (Fsp3) is 0.636. The Kier molecular flexibility index (Phi) is 5.67. The Morgan fingerprint density at radius 2 is 1.80 bits per heavy atom. The molecule has 1 amide bonds. The monoisotopic (exact) mass is 213 g/mol. The Hall–Kier alpha value is -1.32. The van der Waals surface area contributed by atoms with Gasteiger partial charge in [0.25, 0.3) is 0 Å². The molecule has 2 unspecified atom stereocenters. The van der Waals surface area contributed by atoms with Crippen molar-refractivity contribution >= 4 is 11.9 Å². The van der Waals surface area contributed by atoms with Gasteiger partial charge in [-0.3, -0.25) is 9.59 Å². The van der Waals surface area contributed by atoms with Crippen molar-refractivity contribution in [1.29, 1.82) is 0 Å². The molecular formula is C11H19NO3. The van der Waals surface area contributed by atoms with Gasteiger partial charge in [0.1, 0.15) is 0 Å². The molecule has 0 rings (SSSR count). The van der Waals surface area contributed by atoms with Crippen LogP contribution in [0, 0.1) is 11.8 Å². The summed E-state index contributed by atoms with van der Waals surface area (Å²) >= 11 is 0. The number of carboxylic acids is 1. The van der Waals surface area contributed by atoms with E-state index in [1.807, 2.05) is 19.9 Å². The zero-order valence-corrected chi connectivity index (χ0v) is 9.70. The number of rotatable bonds is 5. The van der Waals surface area contributed by atoms with Gasteiger partial charge in [-0.1, -0.05) is 25.5 Å². The van der Waals surface area contributed by atoms with Crippen molar-refractivity contribution in [2.45, 2.75) is 27.7 Å². The topological polar surface area (TPSA) is 66.4 Å². The lowest BCUT2D eigenvalue weighted by Gasteiger charge is -2.14. The summed E-state index contributed by atoms with van der Waals surface area (Å²) in [5.41, 5.74) is 1.12. The summed E-state index contributed by atoms with van der Waals surface area (Å²) in [5, 5.41) is 11.4. The molecule has 0 aromatic heterocycles. The number of amides is 1.